The van der Waals surface area contributed by atoms with E-state index in [2.05, 4.69) is 17.0 Å². The van der Waals surface area contributed by atoms with Crippen molar-refractivity contribution in [2.75, 3.05) is 11.4 Å². The summed E-state index contributed by atoms with van der Waals surface area (Å²) in [7, 11) is 0. The largest absolute Gasteiger partial charge is 0.362 e. The van der Waals surface area contributed by atoms with Gasteiger partial charge in [-0.1, -0.05) is 41.9 Å². The van der Waals surface area contributed by atoms with Crippen molar-refractivity contribution in [2.24, 2.45) is 0 Å². The van der Waals surface area contributed by atoms with Crippen molar-refractivity contribution in [3.63, 3.8) is 0 Å². The predicted molar refractivity (Wildman–Crippen MR) is 120 cm³/mol. The minimum atomic E-state index is -0.276. The Labute approximate surface area is 184 Å². The first-order valence-corrected chi connectivity index (χ1v) is 11.0. The average Bonchev–Trinajstić information content (AvgIpc) is 3.35. The van der Waals surface area contributed by atoms with E-state index in [9.17, 15) is 9.59 Å². The molecule has 3 heterocycles. The molecule has 0 unspecified atom stereocenters. The minimum Gasteiger partial charge on any atom is -0.362 e. The zero-order valence-electron chi connectivity index (χ0n) is 16.4. The second kappa shape index (κ2) is 7.42. The third-order valence-electron chi connectivity index (χ3n) is 5.67. The first kappa shape index (κ1) is 19.1. The molecule has 0 saturated carbocycles. The van der Waals surface area contributed by atoms with Crippen LogP contribution in [0.2, 0.25) is 5.02 Å². The van der Waals surface area contributed by atoms with E-state index in [0.29, 0.717) is 35.1 Å². The Kier molecular flexibility index (Phi) is 4.72. The monoisotopic (exact) mass is 434 g/mol. The fraction of sp³-hybridized carbons (Fsp3) is 0.167. The van der Waals surface area contributed by atoms with E-state index in [4.69, 9.17) is 11.6 Å². The number of thiophene rings is 1. The highest BCUT2D eigenvalue weighted by Crippen LogP contribution is 2.39. The van der Waals surface area contributed by atoms with Crippen molar-refractivity contribution < 1.29 is 9.59 Å². The Morgan fingerprint density at radius 2 is 1.77 bits per heavy atom. The number of hydrogen-bond acceptors (Lipinski definition) is 4. The number of rotatable bonds is 3. The molecular weight excluding hydrogens is 416 g/mol. The second-order valence-corrected chi connectivity index (χ2v) is 8.90. The molecule has 0 bridgehead atoms. The van der Waals surface area contributed by atoms with E-state index >= 15 is 0 Å². The summed E-state index contributed by atoms with van der Waals surface area (Å²) in [6.45, 7) is 3.18. The van der Waals surface area contributed by atoms with Crippen LogP contribution in [0.25, 0.3) is 5.57 Å². The molecule has 0 atom stereocenters. The lowest BCUT2D eigenvalue weighted by Crippen LogP contribution is -2.37. The molecule has 5 rings (SSSR count). The third kappa shape index (κ3) is 3.06. The summed E-state index contributed by atoms with van der Waals surface area (Å²) in [6, 6.07) is 17.3. The van der Waals surface area contributed by atoms with Gasteiger partial charge in [-0.25, -0.2) is 4.90 Å². The zero-order chi connectivity index (χ0) is 20.8. The van der Waals surface area contributed by atoms with Crippen LogP contribution < -0.4 is 4.90 Å². The highest BCUT2D eigenvalue weighted by atomic mass is 35.5. The quantitative estimate of drug-likeness (QED) is 0.541. The lowest BCUT2D eigenvalue weighted by atomic mass is 9.99. The van der Waals surface area contributed by atoms with Gasteiger partial charge >= 0.3 is 0 Å². The van der Waals surface area contributed by atoms with Crippen LogP contribution in [-0.2, 0) is 22.6 Å². The van der Waals surface area contributed by atoms with E-state index in [1.54, 1.807) is 18.2 Å². The lowest BCUT2D eigenvalue weighted by molar-refractivity contribution is -0.120. The van der Waals surface area contributed by atoms with E-state index in [-0.39, 0.29) is 11.8 Å². The average molecular weight is 435 g/mol. The van der Waals surface area contributed by atoms with Crippen LogP contribution in [0.15, 0.2) is 65.7 Å². The summed E-state index contributed by atoms with van der Waals surface area (Å²) in [4.78, 5) is 31.4. The number of benzene rings is 2. The van der Waals surface area contributed by atoms with Gasteiger partial charge in [0.2, 0.25) is 0 Å². The van der Waals surface area contributed by atoms with Gasteiger partial charge in [0.1, 0.15) is 5.70 Å². The Balaban J connectivity index is 1.61. The summed E-state index contributed by atoms with van der Waals surface area (Å²) in [5, 5.41) is 2.51. The number of anilines is 1. The van der Waals surface area contributed by atoms with Gasteiger partial charge in [-0.15, -0.1) is 11.3 Å². The fourth-order valence-electron chi connectivity index (χ4n) is 4.23. The molecule has 0 fully saturated rings. The van der Waals surface area contributed by atoms with Gasteiger partial charge in [0.25, 0.3) is 11.8 Å². The molecule has 2 aliphatic rings. The summed E-state index contributed by atoms with van der Waals surface area (Å²) in [5.41, 5.74) is 4.85. The Hall–Kier alpha value is -2.89. The van der Waals surface area contributed by atoms with Crippen molar-refractivity contribution in [2.45, 2.75) is 19.9 Å². The number of carbonyl (C=O) groups is 2. The van der Waals surface area contributed by atoms with Crippen molar-refractivity contribution in [3.05, 3.63) is 92.3 Å². The highest BCUT2D eigenvalue weighted by Gasteiger charge is 2.43. The number of nitrogens with zero attached hydrogens (tertiary/aromatic N) is 2. The number of hydrogen-bond donors (Lipinski definition) is 0. The van der Waals surface area contributed by atoms with Crippen molar-refractivity contribution >= 4 is 46.0 Å². The van der Waals surface area contributed by atoms with Gasteiger partial charge in [0, 0.05) is 23.0 Å². The first-order valence-electron chi connectivity index (χ1n) is 9.79. The molecule has 6 heteroatoms. The van der Waals surface area contributed by atoms with Gasteiger partial charge in [-0.3, -0.25) is 9.59 Å². The second-order valence-electron chi connectivity index (χ2n) is 7.52. The van der Waals surface area contributed by atoms with Crippen molar-refractivity contribution in [1.82, 2.24) is 4.90 Å². The van der Waals surface area contributed by atoms with E-state index in [1.807, 2.05) is 36.6 Å². The lowest BCUT2D eigenvalue weighted by Gasteiger charge is -2.31. The van der Waals surface area contributed by atoms with Gasteiger partial charge in [-0.2, -0.15) is 0 Å². The third-order valence-corrected chi connectivity index (χ3v) is 6.80. The first-order chi connectivity index (χ1) is 14.5. The molecule has 0 N–H and O–H groups in total. The molecule has 2 amide bonds. The Bertz CT molecular complexity index is 1200. The highest BCUT2D eigenvalue weighted by molar-refractivity contribution is 7.11. The Morgan fingerprint density at radius 3 is 2.50 bits per heavy atom. The van der Waals surface area contributed by atoms with Crippen LogP contribution in [0.5, 0.6) is 0 Å². The van der Waals surface area contributed by atoms with E-state index in [0.717, 1.165) is 16.9 Å². The standard InChI is InChI=1S/C24H19ClN2O2S/c1-15-13-18(25)8-9-19(15)27-23(28)21(20-7-4-12-30-20)22(24(27)29)26-11-10-16-5-2-3-6-17(16)14-26/h2-9,12-13H,10-11,14H2,1H3. The van der Waals surface area contributed by atoms with Crippen LogP contribution >= 0.6 is 22.9 Å². The summed E-state index contributed by atoms with van der Waals surface area (Å²) >= 11 is 7.58. The molecule has 0 aliphatic carbocycles. The molecule has 150 valence electrons. The number of amides is 2. The minimum absolute atomic E-state index is 0.270. The van der Waals surface area contributed by atoms with Gasteiger partial charge in [-0.05, 0) is 59.7 Å². The molecule has 3 aromatic rings. The summed E-state index contributed by atoms with van der Waals surface area (Å²) < 4.78 is 0. The predicted octanol–water partition coefficient (Wildman–Crippen LogP) is 5.05. The van der Waals surface area contributed by atoms with Crippen LogP contribution in [0.3, 0.4) is 0 Å². The molecule has 2 aliphatic heterocycles. The molecule has 4 nitrogen and oxygen atoms in total. The fourth-order valence-corrected chi connectivity index (χ4v) is 5.22. The molecule has 1 aromatic heterocycles. The van der Waals surface area contributed by atoms with Crippen LogP contribution in [-0.4, -0.2) is 23.3 Å². The number of imide groups is 1. The molecule has 0 spiro atoms. The number of aryl methyl sites for hydroxylation is 1. The molecule has 2 aromatic carbocycles. The normalized spacial score (nSPS) is 16.5. The Morgan fingerprint density at radius 1 is 0.967 bits per heavy atom. The van der Waals surface area contributed by atoms with Gasteiger partial charge in [0.15, 0.2) is 0 Å². The number of halogens is 1. The van der Waals surface area contributed by atoms with Crippen molar-refractivity contribution in [3.8, 4) is 0 Å². The zero-order valence-corrected chi connectivity index (χ0v) is 18.0. The maximum atomic E-state index is 13.6. The maximum Gasteiger partial charge on any atom is 0.282 e. The number of carbonyl (C=O) groups excluding carboxylic acids is 2. The summed E-state index contributed by atoms with van der Waals surface area (Å²) in [5.74, 6) is -0.546. The maximum absolute atomic E-state index is 13.6. The molecule has 0 radical (unpaired) electrons. The SMILES string of the molecule is Cc1cc(Cl)ccc1N1C(=O)C(c2cccs2)=C(N2CCc3ccccc3C2)C1=O. The van der Waals surface area contributed by atoms with Crippen LogP contribution in [0.4, 0.5) is 5.69 Å². The van der Waals surface area contributed by atoms with Gasteiger partial charge < -0.3 is 4.90 Å². The molecule has 0 saturated heterocycles. The molecule has 30 heavy (non-hydrogen) atoms. The summed E-state index contributed by atoms with van der Waals surface area (Å²) in [6.07, 6.45) is 0.846. The topological polar surface area (TPSA) is 40.6 Å². The van der Waals surface area contributed by atoms with Crippen LogP contribution in [0, 0.1) is 6.92 Å². The van der Waals surface area contributed by atoms with Gasteiger partial charge in [0.05, 0.1) is 11.3 Å². The van der Waals surface area contributed by atoms with Crippen molar-refractivity contribution in [1.29, 1.82) is 0 Å². The number of fused-ring (bicyclic) bond motifs is 1. The van der Waals surface area contributed by atoms with E-state index < -0.39 is 0 Å². The smallest absolute Gasteiger partial charge is 0.282 e. The van der Waals surface area contributed by atoms with E-state index in [1.165, 1.54) is 27.4 Å². The molecular formula is C24H19ClN2O2S. The van der Waals surface area contributed by atoms with Crippen LogP contribution in [0.1, 0.15) is 21.6 Å².